The van der Waals surface area contributed by atoms with Crippen LogP contribution in [0.1, 0.15) is 22.3 Å². The molecule has 0 unspecified atom stereocenters. The number of aryl methyl sites for hydroxylation is 4. The van der Waals surface area contributed by atoms with Crippen molar-refractivity contribution in [2.75, 3.05) is 0 Å². The first-order chi connectivity index (χ1) is 8.49. The monoisotopic (exact) mass is 234 g/mol. The minimum Gasteiger partial charge on any atom is -0.0773 e. The summed E-state index contributed by atoms with van der Waals surface area (Å²) in [6.07, 6.45) is 0. The first-order valence-electron chi connectivity index (χ1n) is 6.71. The Balaban J connectivity index is 2.40. The Bertz CT molecular complexity index is 596. The second kappa shape index (κ2) is 3.75. The van der Waals surface area contributed by atoms with Gasteiger partial charge in [-0.1, -0.05) is 64.3 Å². The normalized spacial score (nSPS) is 12.6. The fourth-order valence-corrected chi connectivity index (χ4v) is 3.70. The van der Waals surface area contributed by atoms with Crippen LogP contribution in [0.15, 0.2) is 24.3 Å². The highest BCUT2D eigenvalue weighted by Gasteiger charge is 2.31. The molecule has 1 aliphatic heterocycles. The van der Waals surface area contributed by atoms with Crippen molar-refractivity contribution in [2.45, 2.75) is 34.5 Å². The molecule has 0 atom stereocenters. The lowest BCUT2D eigenvalue weighted by atomic mass is 9.43. The smallest absolute Gasteiger partial charge is 0.0773 e. The van der Waals surface area contributed by atoms with Crippen molar-refractivity contribution < 1.29 is 0 Å². The maximum Gasteiger partial charge on any atom is 0.208 e. The molecule has 0 N–H and O–H groups in total. The molecule has 0 saturated heterocycles. The second-order valence-corrected chi connectivity index (χ2v) is 5.81. The fraction of sp³-hybridized carbons (Fsp3) is 0.294. The van der Waals surface area contributed by atoms with Gasteiger partial charge in [-0.15, -0.1) is 0 Å². The van der Waals surface area contributed by atoms with Crippen LogP contribution >= 0.6 is 0 Å². The Morgan fingerprint density at radius 1 is 0.667 bits per heavy atom. The Hall–Kier alpha value is -1.50. The second-order valence-electron chi connectivity index (χ2n) is 5.81. The van der Waals surface area contributed by atoms with Crippen LogP contribution in [-0.2, 0) is 0 Å². The summed E-state index contributed by atoms with van der Waals surface area (Å²) in [4.78, 5) is 0. The number of hydrogen-bond acceptors (Lipinski definition) is 0. The van der Waals surface area contributed by atoms with Crippen molar-refractivity contribution in [3.8, 4) is 11.1 Å². The van der Waals surface area contributed by atoms with Crippen LogP contribution in [0.4, 0.5) is 0 Å². The molecule has 90 valence electrons. The number of benzene rings is 2. The van der Waals surface area contributed by atoms with E-state index in [9.17, 15) is 0 Å². The highest BCUT2D eigenvalue weighted by molar-refractivity contribution is 6.89. The van der Waals surface area contributed by atoms with Gasteiger partial charge in [0.1, 0.15) is 0 Å². The minimum atomic E-state index is 0.538. The zero-order valence-electron chi connectivity index (χ0n) is 11.9. The summed E-state index contributed by atoms with van der Waals surface area (Å²) >= 11 is 0. The fourth-order valence-electron chi connectivity index (χ4n) is 3.70. The molecule has 0 aromatic heterocycles. The molecule has 0 spiro atoms. The van der Waals surface area contributed by atoms with Gasteiger partial charge in [-0.25, -0.2) is 0 Å². The Kier molecular flexibility index (Phi) is 2.41. The summed E-state index contributed by atoms with van der Waals surface area (Å²) in [6.45, 7) is 11.8. The molecule has 0 amide bonds. The van der Waals surface area contributed by atoms with Crippen LogP contribution in [0.2, 0.25) is 6.82 Å². The van der Waals surface area contributed by atoms with E-state index < -0.39 is 0 Å². The van der Waals surface area contributed by atoms with E-state index in [1.807, 2.05) is 0 Å². The van der Waals surface area contributed by atoms with E-state index in [1.54, 1.807) is 0 Å². The van der Waals surface area contributed by atoms with Gasteiger partial charge in [0.05, 0.1) is 0 Å². The van der Waals surface area contributed by atoms with E-state index in [0.29, 0.717) is 6.71 Å². The molecule has 1 aliphatic rings. The summed E-state index contributed by atoms with van der Waals surface area (Å²) in [5, 5.41) is 0. The number of rotatable bonds is 0. The summed E-state index contributed by atoms with van der Waals surface area (Å²) < 4.78 is 0. The van der Waals surface area contributed by atoms with Gasteiger partial charge in [-0.2, -0.15) is 0 Å². The maximum absolute atomic E-state index is 2.35. The standard InChI is InChI=1S/C17H19B/c1-10-6-12(3)16-14(8-10)15-9-11(2)7-13(4)17(15)18(16)5/h6-9H,1-5H3. The van der Waals surface area contributed by atoms with E-state index >= 15 is 0 Å². The van der Waals surface area contributed by atoms with Gasteiger partial charge in [0.2, 0.25) is 6.71 Å². The van der Waals surface area contributed by atoms with Crippen molar-refractivity contribution in [3.63, 3.8) is 0 Å². The molecule has 2 aromatic rings. The first kappa shape index (κ1) is 11.6. The Labute approximate surface area is 110 Å². The molecule has 1 heteroatoms. The lowest BCUT2D eigenvalue weighted by Crippen LogP contribution is -2.37. The molecule has 18 heavy (non-hydrogen) atoms. The van der Waals surface area contributed by atoms with E-state index in [1.165, 1.54) is 44.3 Å². The quantitative estimate of drug-likeness (QED) is 0.614. The highest BCUT2D eigenvalue weighted by Crippen LogP contribution is 2.28. The molecule has 0 fully saturated rings. The van der Waals surface area contributed by atoms with Gasteiger partial charge in [-0.3, -0.25) is 0 Å². The zero-order chi connectivity index (χ0) is 13.0. The third-order valence-electron chi connectivity index (χ3n) is 4.22. The third kappa shape index (κ3) is 1.46. The molecule has 0 bridgehead atoms. The van der Waals surface area contributed by atoms with Crippen LogP contribution in [-0.4, -0.2) is 6.71 Å². The number of fused-ring (bicyclic) bond motifs is 3. The van der Waals surface area contributed by atoms with Crippen LogP contribution in [0.25, 0.3) is 11.1 Å². The van der Waals surface area contributed by atoms with E-state index in [0.717, 1.165) is 0 Å². The molecule has 0 aliphatic carbocycles. The lowest BCUT2D eigenvalue weighted by molar-refractivity contribution is 1.40. The van der Waals surface area contributed by atoms with Gasteiger partial charge in [0.25, 0.3) is 0 Å². The number of hydrogen-bond donors (Lipinski definition) is 0. The van der Waals surface area contributed by atoms with Gasteiger partial charge >= 0.3 is 0 Å². The lowest BCUT2D eigenvalue weighted by Gasteiger charge is -2.09. The minimum absolute atomic E-state index is 0.538. The average Bonchev–Trinajstić information content (AvgIpc) is 2.52. The maximum atomic E-state index is 2.35. The predicted octanol–water partition coefficient (Wildman–Crippen LogP) is 3.14. The first-order valence-corrected chi connectivity index (χ1v) is 6.71. The Morgan fingerprint density at radius 2 is 1.06 bits per heavy atom. The third-order valence-corrected chi connectivity index (χ3v) is 4.22. The van der Waals surface area contributed by atoms with E-state index in [-0.39, 0.29) is 0 Å². The molecule has 3 rings (SSSR count). The molecule has 1 heterocycles. The van der Waals surface area contributed by atoms with E-state index in [2.05, 4.69) is 58.8 Å². The van der Waals surface area contributed by atoms with Crippen molar-refractivity contribution in [1.82, 2.24) is 0 Å². The van der Waals surface area contributed by atoms with Crippen LogP contribution in [0.5, 0.6) is 0 Å². The summed E-state index contributed by atoms with van der Waals surface area (Å²) in [5.74, 6) is 0. The molecule has 0 nitrogen and oxygen atoms in total. The average molecular weight is 234 g/mol. The van der Waals surface area contributed by atoms with Gasteiger partial charge in [-0.05, 0) is 38.8 Å². The zero-order valence-corrected chi connectivity index (χ0v) is 11.9. The Morgan fingerprint density at radius 3 is 1.44 bits per heavy atom. The largest absolute Gasteiger partial charge is 0.208 e. The summed E-state index contributed by atoms with van der Waals surface area (Å²) in [7, 11) is 0. The van der Waals surface area contributed by atoms with Crippen molar-refractivity contribution in [2.24, 2.45) is 0 Å². The molecular formula is C17H19B. The van der Waals surface area contributed by atoms with Gasteiger partial charge in [0.15, 0.2) is 0 Å². The van der Waals surface area contributed by atoms with Crippen molar-refractivity contribution in [1.29, 1.82) is 0 Å². The predicted molar refractivity (Wildman–Crippen MR) is 81.7 cm³/mol. The van der Waals surface area contributed by atoms with Gasteiger partial charge < -0.3 is 0 Å². The van der Waals surface area contributed by atoms with Crippen LogP contribution in [0, 0.1) is 27.7 Å². The van der Waals surface area contributed by atoms with Crippen molar-refractivity contribution in [3.05, 3.63) is 46.5 Å². The summed E-state index contributed by atoms with van der Waals surface area (Å²) in [6, 6.07) is 9.32. The van der Waals surface area contributed by atoms with Crippen molar-refractivity contribution >= 4 is 17.6 Å². The summed E-state index contributed by atoms with van der Waals surface area (Å²) in [5.41, 5.74) is 11.6. The molecule has 2 aromatic carbocycles. The van der Waals surface area contributed by atoms with Crippen LogP contribution in [0.3, 0.4) is 0 Å². The molecule has 0 saturated carbocycles. The molecular weight excluding hydrogens is 215 g/mol. The van der Waals surface area contributed by atoms with Crippen LogP contribution < -0.4 is 10.9 Å². The molecule has 0 radical (unpaired) electrons. The highest BCUT2D eigenvalue weighted by atomic mass is 14.2. The van der Waals surface area contributed by atoms with Gasteiger partial charge in [0, 0.05) is 0 Å². The SMILES string of the molecule is CB1c2c(C)cc(C)cc2-c2cc(C)cc(C)c21. The topological polar surface area (TPSA) is 0 Å². The van der Waals surface area contributed by atoms with E-state index in [4.69, 9.17) is 0 Å².